The molecular weight excluding hydrogens is 248 g/mol. The Morgan fingerprint density at radius 2 is 2.11 bits per heavy atom. The van der Waals surface area contributed by atoms with Gasteiger partial charge in [-0.15, -0.1) is 10.2 Å². The van der Waals surface area contributed by atoms with Crippen LogP contribution >= 0.6 is 11.6 Å². The highest BCUT2D eigenvalue weighted by Crippen LogP contribution is 2.26. The Morgan fingerprint density at radius 1 is 1.28 bits per heavy atom. The van der Waals surface area contributed by atoms with Crippen LogP contribution in [0.5, 0.6) is 0 Å². The fourth-order valence-electron chi connectivity index (χ4n) is 2.43. The van der Waals surface area contributed by atoms with E-state index < -0.39 is 0 Å². The van der Waals surface area contributed by atoms with Crippen LogP contribution < -0.4 is 5.32 Å². The van der Waals surface area contributed by atoms with Crippen molar-refractivity contribution in [1.82, 2.24) is 20.1 Å². The molecule has 0 aliphatic carbocycles. The lowest BCUT2D eigenvalue weighted by Gasteiger charge is -2.22. The van der Waals surface area contributed by atoms with Gasteiger partial charge in [-0.1, -0.05) is 17.7 Å². The highest BCUT2D eigenvalue weighted by atomic mass is 35.5. The molecule has 1 fully saturated rings. The molecule has 0 radical (unpaired) electrons. The van der Waals surface area contributed by atoms with Crippen LogP contribution in [0.1, 0.15) is 24.6 Å². The third kappa shape index (κ3) is 2.26. The Labute approximate surface area is 111 Å². The van der Waals surface area contributed by atoms with Gasteiger partial charge in [0.2, 0.25) is 0 Å². The van der Waals surface area contributed by atoms with Crippen LogP contribution in [0.2, 0.25) is 5.02 Å². The third-order valence-corrected chi connectivity index (χ3v) is 3.60. The number of aromatic nitrogens is 3. The van der Waals surface area contributed by atoms with Crippen molar-refractivity contribution in [3.8, 4) is 5.69 Å². The monoisotopic (exact) mass is 262 g/mol. The highest BCUT2D eigenvalue weighted by Gasteiger charge is 2.21. The summed E-state index contributed by atoms with van der Waals surface area (Å²) in [5.41, 5.74) is 1.03. The molecule has 0 saturated carbocycles. The third-order valence-electron chi connectivity index (χ3n) is 3.36. The number of nitrogens with one attached hydrogen (secondary N) is 1. The van der Waals surface area contributed by atoms with Crippen LogP contribution in [-0.4, -0.2) is 27.9 Å². The lowest BCUT2D eigenvalue weighted by molar-refractivity contribution is 0.440. The second kappa shape index (κ2) is 5.08. The summed E-state index contributed by atoms with van der Waals surface area (Å²) in [6.07, 6.45) is 3.99. The van der Waals surface area contributed by atoms with Crippen molar-refractivity contribution < 1.29 is 0 Å². The van der Waals surface area contributed by atoms with Crippen LogP contribution in [0.4, 0.5) is 0 Å². The Morgan fingerprint density at radius 3 is 2.89 bits per heavy atom. The van der Waals surface area contributed by atoms with E-state index in [0.29, 0.717) is 5.92 Å². The first-order valence-corrected chi connectivity index (χ1v) is 6.59. The minimum Gasteiger partial charge on any atom is -0.317 e. The zero-order valence-corrected chi connectivity index (χ0v) is 10.8. The van der Waals surface area contributed by atoms with Crippen LogP contribution in [-0.2, 0) is 0 Å². The van der Waals surface area contributed by atoms with Crippen molar-refractivity contribution in [3.05, 3.63) is 41.4 Å². The number of piperidine rings is 1. The molecule has 0 bridgehead atoms. The van der Waals surface area contributed by atoms with Crippen molar-refractivity contribution in [1.29, 1.82) is 0 Å². The van der Waals surface area contributed by atoms with E-state index in [1.165, 1.54) is 0 Å². The molecule has 0 unspecified atom stereocenters. The fourth-order valence-corrected chi connectivity index (χ4v) is 2.61. The number of nitrogens with zero attached hydrogens (tertiary/aromatic N) is 3. The molecule has 1 aliphatic rings. The fraction of sp³-hybridized carbons (Fsp3) is 0.385. The number of hydrogen-bond acceptors (Lipinski definition) is 3. The van der Waals surface area contributed by atoms with Crippen molar-refractivity contribution >= 4 is 11.6 Å². The van der Waals surface area contributed by atoms with Gasteiger partial charge in [0.1, 0.15) is 12.2 Å². The molecular formula is C13H15ClN4. The summed E-state index contributed by atoms with van der Waals surface area (Å²) in [5, 5.41) is 12.4. The van der Waals surface area contributed by atoms with Gasteiger partial charge in [-0.25, -0.2) is 0 Å². The van der Waals surface area contributed by atoms with Gasteiger partial charge in [0.25, 0.3) is 0 Å². The summed E-state index contributed by atoms with van der Waals surface area (Å²) in [6, 6.07) is 7.79. The summed E-state index contributed by atoms with van der Waals surface area (Å²) < 4.78 is 2.04. The highest BCUT2D eigenvalue weighted by molar-refractivity contribution is 6.30. The molecule has 18 heavy (non-hydrogen) atoms. The van der Waals surface area contributed by atoms with E-state index in [2.05, 4.69) is 15.5 Å². The average molecular weight is 263 g/mol. The first kappa shape index (κ1) is 11.7. The number of benzene rings is 1. The SMILES string of the molecule is Clc1cccc(-n2cnnc2C2CCNCC2)c1. The normalized spacial score (nSPS) is 16.9. The van der Waals surface area contributed by atoms with Gasteiger partial charge in [0.15, 0.2) is 0 Å². The zero-order chi connectivity index (χ0) is 12.4. The average Bonchev–Trinajstić information content (AvgIpc) is 2.89. The molecule has 0 spiro atoms. The van der Waals surface area contributed by atoms with E-state index in [1.54, 1.807) is 6.33 Å². The van der Waals surface area contributed by atoms with Crippen LogP contribution in [0.25, 0.3) is 5.69 Å². The molecule has 0 amide bonds. The minimum absolute atomic E-state index is 0.479. The molecule has 3 rings (SSSR count). The Bertz CT molecular complexity index is 531. The van der Waals surface area contributed by atoms with Crippen LogP contribution in [0.3, 0.4) is 0 Å². The first-order chi connectivity index (χ1) is 8.84. The molecule has 1 saturated heterocycles. The van der Waals surface area contributed by atoms with Gasteiger partial charge in [-0.05, 0) is 44.1 Å². The number of rotatable bonds is 2. The van der Waals surface area contributed by atoms with E-state index in [-0.39, 0.29) is 0 Å². The first-order valence-electron chi connectivity index (χ1n) is 6.21. The largest absolute Gasteiger partial charge is 0.317 e. The molecule has 0 atom stereocenters. The van der Waals surface area contributed by atoms with Crippen molar-refractivity contribution in [3.63, 3.8) is 0 Å². The smallest absolute Gasteiger partial charge is 0.140 e. The second-order valence-electron chi connectivity index (χ2n) is 4.56. The van der Waals surface area contributed by atoms with Crippen molar-refractivity contribution in [2.24, 2.45) is 0 Å². The summed E-state index contributed by atoms with van der Waals surface area (Å²) in [4.78, 5) is 0. The second-order valence-corrected chi connectivity index (χ2v) is 5.00. The van der Waals surface area contributed by atoms with Crippen LogP contribution in [0.15, 0.2) is 30.6 Å². The van der Waals surface area contributed by atoms with Crippen molar-refractivity contribution in [2.75, 3.05) is 13.1 Å². The molecule has 1 aliphatic heterocycles. The van der Waals surface area contributed by atoms with E-state index in [4.69, 9.17) is 11.6 Å². The zero-order valence-electron chi connectivity index (χ0n) is 10.0. The number of halogens is 1. The van der Waals surface area contributed by atoms with Gasteiger partial charge in [0, 0.05) is 16.6 Å². The summed E-state index contributed by atoms with van der Waals surface area (Å²) >= 11 is 6.04. The molecule has 1 aromatic heterocycles. The number of hydrogen-bond donors (Lipinski definition) is 1. The Hall–Kier alpha value is -1.39. The minimum atomic E-state index is 0.479. The van der Waals surface area contributed by atoms with E-state index in [0.717, 1.165) is 42.5 Å². The maximum Gasteiger partial charge on any atom is 0.140 e. The maximum atomic E-state index is 6.04. The lowest BCUT2D eigenvalue weighted by atomic mass is 9.97. The quantitative estimate of drug-likeness (QED) is 0.904. The standard InChI is InChI=1S/C13H15ClN4/c14-11-2-1-3-12(8-11)18-9-16-17-13(18)10-4-6-15-7-5-10/h1-3,8-10,15H,4-7H2. The maximum absolute atomic E-state index is 6.04. The van der Waals surface area contributed by atoms with Gasteiger partial charge >= 0.3 is 0 Å². The molecule has 1 aromatic carbocycles. The van der Waals surface area contributed by atoms with Crippen LogP contribution in [0, 0.1) is 0 Å². The molecule has 4 nitrogen and oxygen atoms in total. The van der Waals surface area contributed by atoms with Crippen molar-refractivity contribution in [2.45, 2.75) is 18.8 Å². The molecule has 2 heterocycles. The lowest BCUT2D eigenvalue weighted by Crippen LogP contribution is -2.28. The predicted octanol–water partition coefficient (Wildman–Crippen LogP) is 2.39. The summed E-state index contributed by atoms with van der Waals surface area (Å²) in [6.45, 7) is 2.10. The predicted molar refractivity (Wildman–Crippen MR) is 71.2 cm³/mol. The van der Waals surface area contributed by atoms with E-state index >= 15 is 0 Å². The topological polar surface area (TPSA) is 42.7 Å². The molecule has 94 valence electrons. The molecule has 2 aromatic rings. The van der Waals surface area contributed by atoms with Gasteiger partial charge in [-0.2, -0.15) is 0 Å². The summed E-state index contributed by atoms with van der Waals surface area (Å²) in [5.74, 6) is 1.52. The Kier molecular flexibility index (Phi) is 3.30. The van der Waals surface area contributed by atoms with Gasteiger partial charge in [0.05, 0.1) is 0 Å². The Balaban J connectivity index is 1.95. The molecule has 5 heteroatoms. The van der Waals surface area contributed by atoms with Gasteiger partial charge in [-0.3, -0.25) is 4.57 Å². The van der Waals surface area contributed by atoms with E-state index in [9.17, 15) is 0 Å². The summed E-state index contributed by atoms with van der Waals surface area (Å²) in [7, 11) is 0. The van der Waals surface area contributed by atoms with E-state index in [1.807, 2.05) is 28.8 Å². The molecule has 1 N–H and O–H groups in total. The van der Waals surface area contributed by atoms with Gasteiger partial charge < -0.3 is 5.32 Å².